The minimum atomic E-state index is -0.844. The second-order valence-electron chi connectivity index (χ2n) is 2.87. The summed E-state index contributed by atoms with van der Waals surface area (Å²) >= 11 is 1.18. The molecule has 1 rings (SSSR count). The van der Waals surface area contributed by atoms with Crippen molar-refractivity contribution in [1.82, 2.24) is 20.2 Å². The lowest BCUT2D eigenvalue weighted by Gasteiger charge is -2.04. The summed E-state index contributed by atoms with van der Waals surface area (Å²) in [4.78, 5) is 36.2. The van der Waals surface area contributed by atoms with Crippen molar-refractivity contribution in [3.63, 3.8) is 0 Å². The summed E-state index contributed by atoms with van der Waals surface area (Å²) < 4.78 is 1.33. The van der Waals surface area contributed by atoms with E-state index in [-0.39, 0.29) is 12.3 Å². The van der Waals surface area contributed by atoms with E-state index in [1.807, 2.05) is 5.43 Å². The first-order valence-corrected chi connectivity index (χ1v) is 5.32. The molecule has 9 heteroatoms. The Labute approximate surface area is 94.2 Å². The highest BCUT2D eigenvalue weighted by Crippen LogP contribution is 2.11. The van der Waals surface area contributed by atoms with Gasteiger partial charge in [0.2, 0.25) is 5.91 Å². The van der Waals surface area contributed by atoms with Gasteiger partial charge < -0.3 is 0 Å². The third-order valence-corrected chi connectivity index (χ3v) is 2.70. The minimum absolute atomic E-state index is 0.205. The predicted molar refractivity (Wildman–Crippen MR) is 57.8 cm³/mol. The van der Waals surface area contributed by atoms with Crippen LogP contribution in [0.2, 0.25) is 0 Å². The van der Waals surface area contributed by atoms with Gasteiger partial charge in [-0.2, -0.15) is 4.98 Å². The van der Waals surface area contributed by atoms with E-state index in [9.17, 15) is 14.4 Å². The van der Waals surface area contributed by atoms with E-state index >= 15 is 0 Å². The van der Waals surface area contributed by atoms with Gasteiger partial charge in [0.15, 0.2) is 5.16 Å². The number of nitrogens with zero attached hydrogens (tertiary/aromatic N) is 2. The van der Waals surface area contributed by atoms with Gasteiger partial charge in [-0.05, 0) is 0 Å². The number of nitrogens with two attached hydrogens (primary N) is 1. The van der Waals surface area contributed by atoms with Gasteiger partial charge in [0.1, 0.15) is 0 Å². The number of aromatic nitrogens is 3. The Balaban J connectivity index is 2.68. The van der Waals surface area contributed by atoms with Crippen LogP contribution in [0.25, 0.3) is 0 Å². The fraction of sp³-hybridized carbons (Fsp3) is 0.429. The Kier molecular flexibility index (Phi) is 4.26. The molecule has 88 valence electrons. The second kappa shape index (κ2) is 5.47. The van der Waals surface area contributed by atoms with Gasteiger partial charge in [-0.25, -0.2) is 5.84 Å². The molecule has 8 nitrogen and oxygen atoms in total. The highest BCUT2D eigenvalue weighted by atomic mass is 32.2. The molecule has 1 heterocycles. The van der Waals surface area contributed by atoms with Crippen LogP contribution in [0.15, 0.2) is 14.7 Å². The molecule has 0 saturated carbocycles. The fourth-order valence-electron chi connectivity index (χ4n) is 0.897. The Bertz CT molecular complexity index is 494. The zero-order valence-corrected chi connectivity index (χ0v) is 9.34. The summed E-state index contributed by atoms with van der Waals surface area (Å²) in [5.41, 5.74) is 0.372. The van der Waals surface area contributed by atoms with Crippen LogP contribution >= 0.6 is 11.8 Å². The molecule has 0 unspecified atom stereocenters. The molecule has 1 aromatic heterocycles. The molecule has 0 radical (unpaired) electrons. The maximum absolute atomic E-state index is 11.0. The van der Waals surface area contributed by atoms with Gasteiger partial charge in [-0.1, -0.05) is 11.8 Å². The van der Waals surface area contributed by atoms with Crippen molar-refractivity contribution in [1.29, 1.82) is 0 Å². The molecule has 1 aromatic rings. The molecule has 0 saturated heterocycles. The van der Waals surface area contributed by atoms with Crippen molar-refractivity contribution in [2.75, 3.05) is 5.75 Å². The number of rotatable bonds is 4. The Morgan fingerprint density at radius 1 is 1.62 bits per heavy atom. The molecule has 0 aliphatic rings. The SMILES string of the molecule is Cn1[nH]c(=O)c(=O)nc1SCCC(=O)NN. The van der Waals surface area contributed by atoms with Crippen LogP contribution in [0.4, 0.5) is 0 Å². The van der Waals surface area contributed by atoms with Gasteiger partial charge >= 0.3 is 11.1 Å². The van der Waals surface area contributed by atoms with Crippen LogP contribution in [-0.2, 0) is 11.8 Å². The van der Waals surface area contributed by atoms with Crippen molar-refractivity contribution in [3.05, 3.63) is 20.7 Å². The number of nitrogens with one attached hydrogen (secondary N) is 2. The minimum Gasteiger partial charge on any atom is -0.294 e. The van der Waals surface area contributed by atoms with Crippen LogP contribution in [0, 0.1) is 0 Å². The summed E-state index contributed by atoms with van der Waals surface area (Å²) in [6.07, 6.45) is 0.205. The quantitative estimate of drug-likeness (QED) is 0.184. The maximum Gasteiger partial charge on any atom is 0.339 e. The third kappa shape index (κ3) is 3.21. The van der Waals surface area contributed by atoms with E-state index in [1.165, 1.54) is 16.4 Å². The standard InChI is InChI=1S/C7H11N5O3S/c1-12-7(9-5(14)6(15)11-12)16-3-2-4(13)10-8/h2-3,8H2,1H3,(H,10,13)(H,11,15). The number of aryl methyl sites for hydroxylation is 1. The van der Waals surface area contributed by atoms with Crippen molar-refractivity contribution in [3.8, 4) is 0 Å². The lowest BCUT2D eigenvalue weighted by Crippen LogP contribution is -2.34. The molecule has 0 aromatic carbocycles. The molecule has 0 atom stereocenters. The van der Waals surface area contributed by atoms with Crippen LogP contribution in [0.5, 0.6) is 0 Å². The molecule has 1 amide bonds. The summed E-state index contributed by atoms with van der Waals surface area (Å²) in [7, 11) is 1.55. The van der Waals surface area contributed by atoms with Gasteiger partial charge in [-0.3, -0.25) is 29.6 Å². The summed E-state index contributed by atoms with van der Waals surface area (Å²) in [6.45, 7) is 0. The Hall–Kier alpha value is -1.61. The average Bonchev–Trinajstić information content (AvgIpc) is 2.25. The molecular formula is C7H11N5O3S. The summed E-state index contributed by atoms with van der Waals surface area (Å²) in [6, 6.07) is 0. The highest BCUT2D eigenvalue weighted by Gasteiger charge is 2.05. The number of hydrogen-bond donors (Lipinski definition) is 3. The number of hydrazine groups is 1. The zero-order valence-electron chi connectivity index (χ0n) is 8.52. The number of hydrogen-bond acceptors (Lipinski definition) is 6. The number of carbonyl (C=O) groups is 1. The van der Waals surface area contributed by atoms with E-state index in [0.717, 1.165) is 0 Å². The van der Waals surface area contributed by atoms with Crippen LogP contribution in [0.1, 0.15) is 6.42 Å². The first-order chi connectivity index (χ1) is 7.54. The van der Waals surface area contributed by atoms with E-state index in [2.05, 4.69) is 10.1 Å². The van der Waals surface area contributed by atoms with Crippen LogP contribution < -0.4 is 22.4 Å². The fourth-order valence-corrected chi connectivity index (χ4v) is 1.75. The summed E-state index contributed by atoms with van der Waals surface area (Å²) in [5.74, 6) is 5.01. The van der Waals surface area contributed by atoms with Crippen molar-refractivity contribution < 1.29 is 4.79 Å². The molecule has 16 heavy (non-hydrogen) atoms. The first kappa shape index (κ1) is 12.5. The van der Waals surface area contributed by atoms with Crippen molar-refractivity contribution >= 4 is 17.7 Å². The zero-order chi connectivity index (χ0) is 12.1. The van der Waals surface area contributed by atoms with E-state index in [1.54, 1.807) is 7.05 Å². The average molecular weight is 245 g/mol. The van der Waals surface area contributed by atoms with E-state index in [0.29, 0.717) is 10.9 Å². The first-order valence-electron chi connectivity index (χ1n) is 4.34. The number of H-pyrrole nitrogens is 1. The number of aromatic amines is 1. The third-order valence-electron chi connectivity index (χ3n) is 1.67. The number of carbonyl (C=O) groups excluding carboxylic acids is 1. The molecule has 4 N–H and O–H groups in total. The van der Waals surface area contributed by atoms with E-state index < -0.39 is 11.1 Å². The van der Waals surface area contributed by atoms with Crippen molar-refractivity contribution in [2.24, 2.45) is 12.9 Å². The molecule has 0 bridgehead atoms. The second-order valence-corrected chi connectivity index (χ2v) is 3.93. The molecular weight excluding hydrogens is 234 g/mol. The maximum atomic E-state index is 11.0. The van der Waals surface area contributed by atoms with Crippen LogP contribution in [-0.4, -0.2) is 26.4 Å². The molecule has 0 aliphatic heterocycles. The Morgan fingerprint density at radius 2 is 2.31 bits per heavy atom. The largest absolute Gasteiger partial charge is 0.339 e. The lowest BCUT2D eigenvalue weighted by atomic mass is 10.5. The number of thioether (sulfide) groups is 1. The van der Waals surface area contributed by atoms with Gasteiger partial charge in [0.05, 0.1) is 0 Å². The monoisotopic (exact) mass is 245 g/mol. The van der Waals surface area contributed by atoms with Crippen molar-refractivity contribution in [2.45, 2.75) is 11.6 Å². The van der Waals surface area contributed by atoms with Gasteiger partial charge in [0, 0.05) is 19.2 Å². The van der Waals surface area contributed by atoms with Gasteiger partial charge in [-0.15, -0.1) is 0 Å². The van der Waals surface area contributed by atoms with Gasteiger partial charge in [0.25, 0.3) is 0 Å². The highest BCUT2D eigenvalue weighted by molar-refractivity contribution is 7.99. The lowest BCUT2D eigenvalue weighted by molar-refractivity contribution is -0.120. The van der Waals surface area contributed by atoms with Crippen LogP contribution in [0.3, 0.4) is 0 Å². The van der Waals surface area contributed by atoms with E-state index in [4.69, 9.17) is 5.84 Å². The topological polar surface area (TPSA) is 123 Å². The normalized spacial score (nSPS) is 10.1. The molecule has 0 aliphatic carbocycles. The molecule has 0 spiro atoms. The predicted octanol–water partition coefficient (Wildman–Crippen LogP) is -2.06. The smallest absolute Gasteiger partial charge is 0.294 e. The summed E-state index contributed by atoms with van der Waals surface area (Å²) in [5, 5.41) is 2.64. The molecule has 0 fully saturated rings. The Morgan fingerprint density at radius 3 is 2.94 bits per heavy atom. The number of amides is 1.